The third-order valence-corrected chi connectivity index (χ3v) is 1.90. The van der Waals surface area contributed by atoms with Gasteiger partial charge in [-0.25, -0.2) is 4.39 Å². The second-order valence-electron chi connectivity index (χ2n) is 2.85. The molecule has 0 saturated carbocycles. The molecule has 54 valence electrons. The first-order valence-corrected chi connectivity index (χ1v) is 3.65. The predicted octanol–water partition coefficient (Wildman–Crippen LogP) is 1.49. The lowest BCUT2D eigenvalue weighted by atomic mass is 10.0. The summed E-state index contributed by atoms with van der Waals surface area (Å²) in [5.74, 6) is 0. The Labute approximate surface area is 55.6 Å². The molecule has 0 amide bonds. The Hall–Kier alpha value is -0.110. The Kier molecular flexibility index (Phi) is 2.46. The summed E-state index contributed by atoms with van der Waals surface area (Å²) in [6.07, 6.45) is 3.40. The first kappa shape index (κ1) is 7.00. The van der Waals surface area contributed by atoms with E-state index >= 15 is 0 Å². The molecule has 0 aromatic rings. The van der Waals surface area contributed by atoms with Gasteiger partial charge < -0.3 is 5.32 Å². The molecule has 0 aromatic carbocycles. The van der Waals surface area contributed by atoms with Crippen molar-refractivity contribution in [1.29, 1.82) is 0 Å². The zero-order valence-electron chi connectivity index (χ0n) is 5.86. The molecule has 1 saturated heterocycles. The monoisotopic (exact) mass is 131 g/mol. The Morgan fingerprint density at radius 1 is 1.56 bits per heavy atom. The number of piperidine rings is 1. The van der Waals surface area contributed by atoms with E-state index in [2.05, 4.69) is 12.2 Å². The van der Waals surface area contributed by atoms with Crippen LogP contribution < -0.4 is 5.32 Å². The number of alkyl halides is 1. The molecule has 1 rings (SSSR count). The maximum absolute atomic E-state index is 12.0. The van der Waals surface area contributed by atoms with Gasteiger partial charge >= 0.3 is 0 Å². The molecule has 0 aliphatic carbocycles. The third-order valence-electron chi connectivity index (χ3n) is 1.90. The van der Waals surface area contributed by atoms with Crippen LogP contribution in [-0.2, 0) is 0 Å². The van der Waals surface area contributed by atoms with Crippen molar-refractivity contribution < 1.29 is 4.39 Å². The zero-order chi connectivity index (χ0) is 6.69. The van der Waals surface area contributed by atoms with Gasteiger partial charge in [0.1, 0.15) is 6.67 Å². The second-order valence-corrected chi connectivity index (χ2v) is 2.85. The van der Waals surface area contributed by atoms with Crippen LogP contribution in [0.15, 0.2) is 0 Å². The van der Waals surface area contributed by atoms with E-state index in [-0.39, 0.29) is 12.7 Å². The zero-order valence-corrected chi connectivity index (χ0v) is 5.86. The summed E-state index contributed by atoms with van der Waals surface area (Å²) in [6.45, 7) is 1.91. The molecule has 0 radical (unpaired) electrons. The predicted molar refractivity (Wildman–Crippen MR) is 36.2 cm³/mol. The summed E-state index contributed by atoms with van der Waals surface area (Å²) in [4.78, 5) is 0. The summed E-state index contributed by atoms with van der Waals surface area (Å²) in [7, 11) is 0. The molecule has 0 aromatic heterocycles. The van der Waals surface area contributed by atoms with Gasteiger partial charge in [-0.3, -0.25) is 0 Å². The minimum Gasteiger partial charge on any atom is -0.309 e. The van der Waals surface area contributed by atoms with E-state index in [0.29, 0.717) is 6.04 Å². The van der Waals surface area contributed by atoms with Crippen LogP contribution in [0.4, 0.5) is 4.39 Å². The molecule has 1 fully saturated rings. The highest BCUT2D eigenvalue weighted by Gasteiger charge is 2.16. The van der Waals surface area contributed by atoms with Crippen molar-refractivity contribution >= 4 is 0 Å². The lowest BCUT2D eigenvalue weighted by molar-refractivity contribution is 0.280. The lowest BCUT2D eigenvalue weighted by Gasteiger charge is -2.26. The van der Waals surface area contributed by atoms with Gasteiger partial charge in [0.2, 0.25) is 0 Å². The topological polar surface area (TPSA) is 12.0 Å². The largest absolute Gasteiger partial charge is 0.309 e. The maximum atomic E-state index is 12.0. The first-order valence-electron chi connectivity index (χ1n) is 3.65. The Morgan fingerprint density at radius 3 is 2.78 bits per heavy atom. The van der Waals surface area contributed by atoms with Gasteiger partial charge in [-0.2, -0.15) is 0 Å². The van der Waals surface area contributed by atoms with Gasteiger partial charge in [0.15, 0.2) is 0 Å². The van der Waals surface area contributed by atoms with Crippen LogP contribution in [0.25, 0.3) is 0 Å². The van der Waals surface area contributed by atoms with Crippen molar-refractivity contribution in [3.05, 3.63) is 0 Å². The van der Waals surface area contributed by atoms with Crippen LogP contribution in [-0.4, -0.2) is 18.8 Å². The molecule has 1 N–H and O–H groups in total. The number of rotatable bonds is 1. The molecular weight excluding hydrogens is 117 g/mol. The van der Waals surface area contributed by atoms with Crippen LogP contribution in [0, 0.1) is 0 Å². The van der Waals surface area contributed by atoms with Crippen molar-refractivity contribution in [2.75, 3.05) is 6.67 Å². The highest BCUT2D eigenvalue weighted by Crippen LogP contribution is 2.11. The average molecular weight is 131 g/mol. The molecule has 0 spiro atoms. The van der Waals surface area contributed by atoms with Gasteiger partial charge in [-0.15, -0.1) is 0 Å². The normalized spacial score (nSPS) is 36.7. The van der Waals surface area contributed by atoms with Gasteiger partial charge in [0.25, 0.3) is 0 Å². The Bertz CT molecular complexity index is 85.0. The first-order chi connectivity index (χ1) is 4.33. The summed E-state index contributed by atoms with van der Waals surface area (Å²) in [5, 5.41) is 3.19. The Balaban J connectivity index is 2.23. The highest BCUT2D eigenvalue weighted by molar-refractivity contribution is 4.76. The summed E-state index contributed by atoms with van der Waals surface area (Å²) in [6, 6.07) is 0.674. The smallest absolute Gasteiger partial charge is 0.105 e. The molecule has 0 bridgehead atoms. The Morgan fingerprint density at radius 2 is 2.33 bits per heavy atom. The van der Waals surface area contributed by atoms with Crippen LogP contribution >= 0.6 is 0 Å². The van der Waals surface area contributed by atoms with Crippen molar-refractivity contribution in [2.24, 2.45) is 0 Å². The fourth-order valence-electron chi connectivity index (χ4n) is 1.36. The fraction of sp³-hybridized carbons (Fsp3) is 1.00. The molecule has 9 heavy (non-hydrogen) atoms. The van der Waals surface area contributed by atoms with E-state index in [0.717, 1.165) is 6.42 Å². The number of hydrogen-bond donors (Lipinski definition) is 1. The standard InChI is InChI=1S/C7H14FN/c1-6-3-2-4-7(5-8)9-6/h6-7,9H,2-5H2,1H3/t6-,7-/m1/s1. The van der Waals surface area contributed by atoms with E-state index in [1.54, 1.807) is 0 Å². The highest BCUT2D eigenvalue weighted by atomic mass is 19.1. The van der Waals surface area contributed by atoms with Crippen LogP contribution in [0.5, 0.6) is 0 Å². The van der Waals surface area contributed by atoms with Crippen LogP contribution in [0.2, 0.25) is 0 Å². The molecule has 0 unspecified atom stereocenters. The molecule has 1 aliphatic rings. The minimum absolute atomic E-state index is 0.147. The van der Waals surface area contributed by atoms with E-state index in [1.807, 2.05) is 0 Å². The van der Waals surface area contributed by atoms with E-state index in [9.17, 15) is 4.39 Å². The minimum atomic E-state index is -0.204. The third kappa shape index (κ3) is 1.94. The SMILES string of the molecule is C[C@@H]1CCC[C@H](CF)N1. The van der Waals surface area contributed by atoms with Crippen molar-refractivity contribution in [3.8, 4) is 0 Å². The van der Waals surface area contributed by atoms with E-state index in [4.69, 9.17) is 0 Å². The van der Waals surface area contributed by atoms with Gasteiger partial charge in [-0.05, 0) is 19.8 Å². The van der Waals surface area contributed by atoms with Crippen molar-refractivity contribution in [1.82, 2.24) is 5.32 Å². The molecule has 1 nitrogen and oxygen atoms in total. The summed E-state index contributed by atoms with van der Waals surface area (Å²) < 4.78 is 12.0. The molecule has 2 heteroatoms. The van der Waals surface area contributed by atoms with Crippen LogP contribution in [0.1, 0.15) is 26.2 Å². The molecule has 1 aliphatic heterocycles. The molecular formula is C7H14FN. The van der Waals surface area contributed by atoms with Crippen molar-refractivity contribution in [3.63, 3.8) is 0 Å². The number of hydrogen-bond acceptors (Lipinski definition) is 1. The van der Waals surface area contributed by atoms with Gasteiger partial charge in [-0.1, -0.05) is 6.42 Å². The van der Waals surface area contributed by atoms with E-state index < -0.39 is 0 Å². The molecule has 2 atom stereocenters. The van der Waals surface area contributed by atoms with Gasteiger partial charge in [0.05, 0.1) is 0 Å². The quantitative estimate of drug-likeness (QED) is 0.568. The van der Waals surface area contributed by atoms with E-state index in [1.165, 1.54) is 12.8 Å². The molecule has 1 heterocycles. The summed E-state index contributed by atoms with van der Waals surface area (Å²) >= 11 is 0. The summed E-state index contributed by atoms with van der Waals surface area (Å²) in [5.41, 5.74) is 0. The average Bonchev–Trinajstić information content (AvgIpc) is 1.88. The maximum Gasteiger partial charge on any atom is 0.105 e. The fourth-order valence-corrected chi connectivity index (χ4v) is 1.36. The van der Waals surface area contributed by atoms with Crippen LogP contribution in [0.3, 0.4) is 0 Å². The second kappa shape index (κ2) is 3.16. The van der Waals surface area contributed by atoms with Crippen molar-refractivity contribution in [2.45, 2.75) is 38.3 Å². The number of nitrogens with one attached hydrogen (secondary N) is 1. The number of halogens is 1. The lowest BCUT2D eigenvalue weighted by Crippen LogP contribution is -2.41. The van der Waals surface area contributed by atoms with Gasteiger partial charge in [0, 0.05) is 12.1 Å².